The van der Waals surface area contributed by atoms with E-state index in [1.807, 2.05) is 0 Å². The van der Waals surface area contributed by atoms with Crippen LogP contribution in [0.25, 0.3) is 0 Å². The van der Waals surface area contributed by atoms with Gasteiger partial charge in [-0.2, -0.15) is 0 Å². The molecule has 2 saturated carbocycles. The number of nitrogens with one attached hydrogen (secondary N) is 1. The molecule has 2 rings (SSSR count). The monoisotopic (exact) mass is 335 g/mol. The van der Waals surface area contributed by atoms with Crippen molar-refractivity contribution in [2.24, 2.45) is 29.4 Å². The average Bonchev–Trinajstić information content (AvgIpc) is 2.58. The van der Waals surface area contributed by atoms with Gasteiger partial charge in [0.1, 0.15) is 0 Å². The highest BCUT2D eigenvalue weighted by Crippen LogP contribution is 2.36. The van der Waals surface area contributed by atoms with Crippen molar-refractivity contribution in [3.05, 3.63) is 0 Å². The van der Waals surface area contributed by atoms with Gasteiger partial charge < -0.3 is 5.73 Å². The van der Waals surface area contributed by atoms with Gasteiger partial charge in [-0.15, -0.1) is 0 Å². The van der Waals surface area contributed by atoms with Crippen LogP contribution < -0.4 is 5.73 Å². The van der Waals surface area contributed by atoms with E-state index in [9.17, 15) is 4.79 Å². The predicted octanol–water partition coefficient (Wildman–Crippen LogP) is 4.53. The molecule has 0 saturated heterocycles. The van der Waals surface area contributed by atoms with E-state index in [1.54, 1.807) is 7.05 Å². The molecule has 1 amide bonds. The first-order valence-electron chi connectivity index (χ1n) is 10.1. The lowest BCUT2D eigenvalue weighted by atomic mass is 9.76. The van der Waals surface area contributed by atoms with Crippen LogP contribution in [-0.2, 0) is 4.79 Å². The zero-order valence-corrected chi connectivity index (χ0v) is 15.7. The Labute approximate surface area is 148 Å². The van der Waals surface area contributed by atoms with Gasteiger partial charge in [-0.3, -0.25) is 15.1 Å². The Morgan fingerprint density at radius 1 is 1.12 bits per heavy atom. The molecule has 0 aromatic carbocycles. The first-order valence-corrected chi connectivity index (χ1v) is 10.1. The van der Waals surface area contributed by atoms with Gasteiger partial charge >= 0.3 is 0 Å². The van der Waals surface area contributed by atoms with Gasteiger partial charge in [0.2, 0.25) is 5.91 Å². The van der Waals surface area contributed by atoms with Crippen LogP contribution in [0.3, 0.4) is 0 Å². The average molecular weight is 336 g/mol. The third kappa shape index (κ3) is 5.78. The van der Waals surface area contributed by atoms with Crippen molar-refractivity contribution in [3.63, 3.8) is 0 Å². The van der Waals surface area contributed by atoms with Crippen LogP contribution in [0.4, 0.5) is 0 Å². The van der Waals surface area contributed by atoms with E-state index in [1.165, 1.54) is 69.1 Å². The van der Waals surface area contributed by atoms with Crippen molar-refractivity contribution < 1.29 is 4.79 Å². The highest BCUT2D eigenvalue weighted by atomic mass is 16.2. The molecule has 2 aliphatic carbocycles. The highest BCUT2D eigenvalue weighted by Gasteiger charge is 2.29. The summed E-state index contributed by atoms with van der Waals surface area (Å²) in [6.45, 7) is 2.34. The highest BCUT2D eigenvalue weighted by molar-refractivity contribution is 5.95. The molecule has 3 N–H and O–H groups in total. The largest absolute Gasteiger partial charge is 0.370 e. The Morgan fingerprint density at radius 3 is 2.42 bits per heavy atom. The number of hydrogen-bond acceptors (Lipinski definition) is 2. The van der Waals surface area contributed by atoms with Gasteiger partial charge in [-0.25, -0.2) is 0 Å². The van der Waals surface area contributed by atoms with Crippen molar-refractivity contribution in [2.75, 3.05) is 7.05 Å². The number of carbonyl (C=O) groups is 1. The summed E-state index contributed by atoms with van der Waals surface area (Å²) in [6, 6.07) is 0. The van der Waals surface area contributed by atoms with Gasteiger partial charge in [0.25, 0.3) is 0 Å². The maximum absolute atomic E-state index is 12.8. The second-order valence-electron chi connectivity index (χ2n) is 8.43. The van der Waals surface area contributed by atoms with Crippen LogP contribution >= 0.6 is 0 Å². The maximum atomic E-state index is 12.8. The van der Waals surface area contributed by atoms with E-state index >= 15 is 0 Å². The van der Waals surface area contributed by atoms with E-state index in [4.69, 9.17) is 11.1 Å². The van der Waals surface area contributed by atoms with Crippen LogP contribution in [0.15, 0.2) is 0 Å². The zero-order chi connectivity index (χ0) is 17.5. The number of guanidine groups is 1. The lowest BCUT2D eigenvalue weighted by Crippen LogP contribution is -2.42. The van der Waals surface area contributed by atoms with Crippen molar-refractivity contribution in [1.82, 2.24) is 4.90 Å². The molecule has 2 aliphatic rings. The minimum atomic E-state index is -0.125. The van der Waals surface area contributed by atoms with Crippen LogP contribution in [0, 0.1) is 29.1 Å². The quantitative estimate of drug-likeness (QED) is 0.553. The topological polar surface area (TPSA) is 70.2 Å². The Hall–Kier alpha value is -1.06. The first-order chi connectivity index (χ1) is 11.5. The molecule has 0 aliphatic heterocycles. The molecule has 4 nitrogen and oxygen atoms in total. The third-order valence-electron chi connectivity index (χ3n) is 6.35. The predicted molar refractivity (Wildman–Crippen MR) is 99.7 cm³/mol. The SMILES string of the molecule is C[C@H]1CCC[C@@H](C[C@H](CCC2CCCCC2)C(=O)N(C)C(=N)N)C1. The maximum Gasteiger partial charge on any atom is 0.232 e. The third-order valence-corrected chi connectivity index (χ3v) is 6.35. The minimum absolute atomic E-state index is 0.0520. The number of amides is 1. The summed E-state index contributed by atoms with van der Waals surface area (Å²) in [4.78, 5) is 14.2. The molecular formula is C20H37N3O. The Kier molecular flexibility index (Phi) is 7.57. The first kappa shape index (κ1) is 19.3. The van der Waals surface area contributed by atoms with Gasteiger partial charge in [0.05, 0.1) is 0 Å². The summed E-state index contributed by atoms with van der Waals surface area (Å²) in [5.41, 5.74) is 5.56. The van der Waals surface area contributed by atoms with Gasteiger partial charge in [0, 0.05) is 13.0 Å². The Balaban J connectivity index is 1.94. The van der Waals surface area contributed by atoms with Crippen molar-refractivity contribution in [3.8, 4) is 0 Å². The summed E-state index contributed by atoms with van der Waals surface area (Å²) in [5.74, 6) is 2.27. The van der Waals surface area contributed by atoms with E-state index in [2.05, 4.69) is 6.92 Å². The fraction of sp³-hybridized carbons (Fsp3) is 0.900. The van der Waals surface area contributed by atoms with E-state index < -0.39 is 0 Å². The molecule has 24 heavy (non-hydrogen) atoms. The van der Waals surface area contributed by atoms with E-state index in [0.29, 0.717) is 5.92 Å². The molecule has 4 heteroatoms. The fourth-order valence-corrected chi connectivity index (χ4v) is 4.82. The Bertz CT molecular complexity index is 417. The molecule has 2 fully saturated rings. The van der Waals surface area contributed by atoms with Gasteiger partial charge in [-0.05, 0) is 43.4 Å². The van der Waals surface area contributed by atoms with Gasteiger partial charge in [0.15, 0.2) is 5.96 Å². The molecule has 0 bridgehead atoms. The van der Waals surface area contributed by atoms with Gasteiger partial charge in [-0.1, -0.05) is 58.3 Å². The van der Waals surface area contributed by atoms with E-state index in [0.717, 1.165) is 24.7 Å². The number of hydrogen-bond donors (Lipinski definition) is 2. The molecule has 0 unspecified atom stereocenters. The van der Waals surface area contributed by atoms with Crippen molar-refractivity contribution in [2.45, 2.75) is 84.0 Å². The summed E-state index contributed by atoms with van der Waals surface area (Å²) in [6.07, 6.45) is 15.1. The number of nitrogens with two attached hydrogens (primary N) is 1. The second kappa shape index (κ2) is 9.43. The van der Waals surface area contributed by atoms with Crippen LogP contribution in [0.5, 0.6) is 0 Å². The van der Waals surface area contributed by atoms with Crippen LogP contribution in [0.1, 0.15) is 84.0 Å². The standard InChI is InChI=1S/C20H37N3O/c1-15-7-6-10-17(13-15)14-18(19(24)23(2)20(21)22)12-11-16-8-4-3-5-9-16/h15-18H,3-14H2,1-2H3,(H3,21,22)/t15-,17+,18-/m0/s1. The number of carbonyl (C=O) groups excluding carboxylic acids is 1. The normalized spacial score (nSPS) is 26.8. The van der Waals surface area contributed by atoms with Crippen LogP contribution in [-0.4, -0.2) is 23.8 Å². The molecule has 0 radical (unpaired) electrons. The lowest BCUT2D eigenvalue weighted by Gasteiger charge is -2.32. The summed E-state index contributed by atoms with van der Waals surface area (Å²) in [7, 11) is 1.65. The van der Waals surface area contributed by atoms with Crippen LogP contribution in [0.2, 0.25) is 0 Å². The second-order valence-corrected chi connectivity index (χ2v) is 8.43. The molecule has 3 atom stereocenters. The summed E-state index contributed by atoms with van der Waals surface area (Å²) in [5, 5.41) is 7.59. The smallest absolute Gasteiger partial charge is 0.232 e. The van der Waals surface area contributed by atoms with E-state index in [-0.39, 0.29) is 17.8 Å². The molecular weight excluding hydrogens is 298 g/mol. The molecule has 0 aromatic heterocycles. The fourth-order valence-electron chi connectivity index (χ4n) is 4.82. The Morgan fingerprint density at radius 2 is 1.79 bits per heavy atom. The molecule has 0 aromatic rings. The summed E-state index contributed by atoms with van der Waals surface area (Å²) >= 11 is 0. The minimum Gasteiger partial charge on any atom is -0.370 e. The number of nitrogens with zero attached hydrogens (tertiary/aromatic N) is 1. The number of rotatable bonds is 6. The lowest BCUT2D eigenvalue weighted by molar-refractivity contribution is -0.131. The molecule has 138 valence electrons. The zero-order valence-electron chi connectivity index (χ0n) is 15.7. The molecule has 0 heterocycles. The molecule has 0 spiro atoms. The van der Waals surface area contributed by atoms with Crippen molar-refractivity contribution in [1.29, 1.82) is 5.41 Å². The summed E-state index contributed by atoms with van der Waals surface area (Å²) < 4.78 is 0. The van der Waals surface area contributed by atoms with Crippen molar-refractivity contribution >= 4 is 11.9 Å².